The molecule has 3 heterocycles. The van der Waals surface area contributed by atoms with Gasteiger partial charge in [0.05, 0.1) is 6.20 Å². The molecule has 0 radical (unpaired) electrons. The van der Waals surface area contributed by atoms with Crippen molar-refractivity contribution in [1.82, 2.24) is 24.9 Å². The predicted octanol–water partition coefficient (Wildman–Crippen LogP) is 3.74. The van der Waals surface area contributed by atoms with Gasteiger partial charge in [0.25, 0.3) is 0 Å². The summed E-state index contributed by atoms with van der Waals surface area (Å²) in [6, 6.07) is 8.19. The molecule has 0 aliphatic carbocycles. The Morgan fingerprint density at radius 2 is 2.00 bits per heavy atom. The molecule has 2 aliphatic heterocycles. The highest BCUT2D eigenvalue weighted by Gasteiger charge is 2.27. The third-order valence-corrected chi connectivity index (χ3v) is 6.95. The van der Waals surface area contributed by atoms with Crippen molar-refractivity contribution in [2.24, 2.45) is 18.0 Å². The molecule has 1 atom stereocenters. The van der Waals surface area contributed by atoms with E-state index in [-0.39, 0.29) is 0 Å². The first kappa shape index (κ1) is 22.2. The summed E-state index contributed by atoms with van der Waals surface area (Å²) >= 11 is 6.34. The van der Waals surface area contributed by atoms with E-state index in [9.17, 15) is 0 Å². The maximum absolute atomic E-state index is 6.34. The Hall–Kier alpha value is -2.05. The van der Waals surface area contributed by atoms with E-state index in [0.717, 1.165) is 63.2 Å². The van der Waals surface area contributed by atoms with E-state index in [1.165, 1.54) is 24.0 Å². The van der Waals surface area contributed by atoms with Crippen LogP contribution in [0.3, 0.4) is 0 Å². The van der Waals surface area contributed by atoms with Crippen LogP contribution in [0.15, 0.2) is 41.7 Å². The maximum atomic E-state index is 6.34. The Morgan fingerprint density at radius 3 is 2.71 bits per heavy atom. The Bertz CT molecular complexity index is 870. The van der Waals surface area contributed by atoms with Gasteiger partial charge >= 0.3 is 0 Å². The highest BCUT2D eigenvalue weighted by molar-refractivity contribution is 6.31. The first-order chi connectivity index (χ1) is 15.1. The molecule has 1 N–H and O–H groups in total. The monoisotopic (exact) mass is 442 g/mol. The van der Waals surface area contributed by atoms with Gasteiger partial charge in [-0.15, -0.1) is 0 Å². The van der Waals surface area contributed by atoms with Crippen molar-refractivity contribution in [3.8, 4) is 0 Å². The van der Waals surface area contributed by atoms with E-state index in [1.54, 1.807) is 0 Å². The van der Waals surface area contributed by atoms with E-state index < -0.39 is 0 Å². The maximum Gasteiger partial charge on any atom is 0.193 e. The molecule has 6 nitrogen and oxygen atoms in total. The van der Waals surface area contributed by atoms with E-state index in [0.29, 0.717) is 11.8 Å². The molecule has 2 fully saturated rings. The Labute approximate surface area is 191 Å². The van der Waals surface area contributed by atoms with Crippen LogP contribution in [-0.4, -0.2) is 64.8 Å². The van der Waals surface area contributed by atoms with Gasteiger partial charge in [0.15, 0.2) is 5.96 Å². The molecule has 0 bridgehead atoms. The summed E-state index contributed by atoms with van der Waals surface area (Å²) in [6.07, 6.45) is 7.72. The van der Waals surface area contributed by atoms with Crippen LogP contribution in [0.5, 0.6) is 0 Å². The second-order valence-electron chi connectivity index (χ2n) is 8.88. The van der Waals surface area contributed by atoms with Gasteiger partial charge in [0.1, 0.15) is 0 Å². The molecule has 168 valence electrons. The van der Waals surface area contributed by atoms with Gasteiger partial charge < -0.3 is 10.2 Å². The summed E-state index contributed by atoms with van der Waals surface area (Å²) in [5.41, 5.74) is 2.57. The van der Waals surface area contributed by atoms with Crippen LogP contribution in [-0.2, 0) is 13.6 Å². The third kappa shape index (κ3) is 5.80. The lowest BCUT2D eigenvalue weighted by molar-refractivity contribution is 0.180. The zero-order chi connectivity index (χ0) is 21.6. The lowest BCUT2D eigenvalue weighted by Gasteiger charge is -2.32. The van der Waals surface area contributed by atoms with Gasteiger partial charge in [0, 0.05) is 56.9 Å². The zero-order valence-corrected chi connectivity index (χ0v) is 19.6. The van der Waals surface area contributed by atoms with E-state index in [1.807, 2.05) is 30.1 Å². The number of piperidine rings is 1. The summed E-state index contributed by atoms with van der Waals surface area (Å²) in [7, 11) is 1.99. The van der Waals surface area contributed by atoms with Crippen molar-refractivity contribution in [3.63, 3.8) is 0 Å². The number of aliphatic imine (C=N–C) groups is 1. The number of likely N-dealkylation sites (tertiary alicyclic amines) is 2. The lowest BCUT2D eigenvalue weighted by Crippen LogP contribution is -2.40. The van der Waals surface area contributed by atoms with Crippen LogP contribution in [0.2, 0.25) is 5.02 Å². The largest absolute Gasteiger partial charge is 0.357 e. The number of benzene rings is 1. The highest BCUT2D eigenvalue weighted by atomic mass is 35.5. The molecule has 0 saturated carbocycles. The minimum absolute atomic E-state index is 0.547. The first-order valence-electron chi connectivity index (χ1n) is 11.6. The number of rotatable bonds is 6. The molecule has 1 aromatic heterocycles. The third-order valence-electron chi connectivity index (χ3n) is 6.58. The second kappa shape index (κ2) is 10.5. The van der Waals surface area contributed by atoms with Gasteiger partial charge in [-0.2, -0.15) is 5.10 Å². The average Bonchev–Trinajstić information content (AvgIpc) is 3.43. The molecule has 4 rings (SSSR count). The van der Waals surface area contributed by atoms with Crippen molar-refractivity contribution in [2.45, 2.75) is 38.6 Å². The number of hydrogen-bond acceptors (Lipinski definition) is 3. The fourth-order valence-electron chi connectivity index (χ4n) is 4.71. The highest BCUT2D eigenvalue weighted by Crippen LogP contribution is 2.27. The SMILES string of the molecule is CCNC(=NCC1CCN(Cc2ccccc2Cl)CC1)N1CCC(c2cnn(C)c2)C1. The molecular formula is C24H35ClN6. The topological polar surface area (TPSA) is 48.7 Å². The summed E-state index contributed by atoms with van der Waals surface area (Å²) < 4.78 is 1.90. The number of hydrogen-bond donors (Lipinski definition) is 1. The fourth-order valence-corrected chi connectivity index (χ4v) is 4.91. The number of halogens is 1. The van der Waals surface area contributed by atoms with Gasteiger partial charge in [-0.25, -0.2) is 0 Å². The zero-order valence-electron chi connectivity index (χ0n) is 18.8. The number of aromatic nitrogens is 2. The van der Waals surface area contributed by atoms with Crippen molar-refractivity contribution >= 4 is 17.6 Å². The number of guanidine groups is 1. The van der Waals surface area contributed by atoms with Crippen molar-refractivity contribution in [3.05, 3.63) is 52.8 Å². The van der Waals surface area contributed by atoms with Gasteiger partial charge in [-0.1, -0.05) is 29.8 Å². The van der Waals surface area contributed by atoms with E-state index in [4.69, 9.17) is 16.6 Å². The molecule has 1 aromatic carbocycles. The Morgan fingerprint density at radius 1 is 1.19 bits per heavy atom. The summed E-state index contributed by atoms with van der Waals surface area (Å²) in [4.78, 5) is 9.99. The molecule has 0 amide bonds. The molecule has 0 spiro atoms. The Balaban J connectivity index is 1.28. The van der Waals surface area contributed by atoms with Crippen LogP contribution >= 0.6 is 11.6 Å². The lowest BCUT2D eigenvalue weighted by atomic mass is 9.96. The Kier molecular flexibility index (Phi) is 7.51. The quantitative estimate of drug-likeness (QED) is 0.547. The van der Waals surface area contributed by atoms with Crippen LogP contribution in [0.4, 0.5) is 0 Å². The number of nitrogens with one attached hydrogen (secondary N) is 1. The second-order valence-corrected chi connectivity index (χ2v) is 9.29. The van der Waals surface area contributed by atoms with Crippen LogP contribution in [0, 0.1) is 5.92 Å². The number of aryl methyl sites for hydroxylation is 1. The van der Waals surface area contributed by atoms with E-state index >= 15 is 0 Å². The molecule has 2 saturated heterocycles. The summed E-state index contributed by atoms with van der Waals surface area (Å²) in [5, 5.41) is 8.74. The normalized spacial score (nSPS) is 21.1. The van der Waals surface area contributed by atoms with Crippen LogP contribution in [0.25, 0.3) is 0 Å². The van der Waals surface area contributed by atoms with Crippen molar-refractivity contribution in [1.29, 1.82) is 0 Å². The van der Waals surface area contributed by atoms with Crippen LogP contribution < -0.4 is 5.32 Å². The van der Waals surface area contributed by atoms with Gasteiger partial charge in [0.2, 0.25) is 0 Å². The van der Waals surface area contributed by atoms with Crippen LogP contribution in [0.1, 0.15) is 43.2 Å². The molecule has 2 aromatic rings. The summed E-state index contributed by atoms with van der Waals surface area (Å²) in [5.74, 6) is 2.28. The smallest absolute Gasteiger partial charge is 0.193 e. The van der Waals surface area contributed by atoms with Gasteiger partial charge in [-0.3, -0.25) is 14.6 Å². The van der Waals surface area contributed by atoms with Gasteiger partial charge in [-0.05, 0) is 62.4 Å². The fraction of sp³-hybridized carbons (Fsp3) is 0.583. The minimum atomic E-state index is 0.547. The standard InChI is InChI=1S/C24H35ClN6/c1-3-26-24(31-13-10-20(18-31)22-15-28-29(2)16-22)27-14-19-8-11-30(12-9-19)17-21-6-4-5-7-23(21)25/h4-7,15-16,19-20H,3,8-14,17-18H2,1-2H3,(H,26,27). The predicted molar refractivity (Wildman–Crippen MR) is 128 cm³/mol. The molecule has 2 aliphatic rings. The van der Waals surface area contributed by atoms with Crippen molar-refractivity contribution < 1.29 is 0 Å². The minimum Gasteiger partial charge on any atom is -0.357 e. The number of nitrogens with zero attached hydrogens (tertiary/aromatic N) is 5. The molecule has 1 unspecified atom stereocenters. The van der Waals surface area contributed by atoms with E-state index in [2.05, 4.69) is 45.5 Å². The molecule has 7 heteroatoms. The molecular weight excluding hydrogens is 408 g/mol. The molecule has 31 heavy (non-hydrogen) atoms. The summed E-state index contributed by atoms with van der Waals surface area (Å²) in [6.45, 7) is 9.23. The first-order valence-corrected chi connectivity index (χ1v) is 12.0. The van der Waals surface area contributed by atoms with Crippen molar-refractivity contribution in [2.75, 3.05) is 39.3 Å². The average molecular weight is 443 g/mol.